The van der Waals surface area contributed by atoms with Gasteiger partial charge in [-0.2, -0.15) is 0 Å². The summed E-state index contributed by atoms with van der Waals surface area (Å²) in [6.45, 7) is 12.2. The normalized spacial score (nSPS) is 31.1. The molecular formula is C14H29N3. The molecule has 0 bridgehead atoms. The number of rotatable bonds is 3. The zero-order chi connectivity index (χ0) is 12.1. The molecule has 100 valence electrons. The third-order valence-corrected chi connectivity index (χ3v) is 4.60. The van der Waals surface area contributed by atoms with E-state index >= 15 is 0 Å². The number of nitrogens with one attached hydrogen (secondary N) is 1. The fraction of sp³-hybridized carbons (Fsp3) is 1.00. The average Bonchev–Trinajstić information content (AvgIpc) is 2.67. The van der Waals surface area contributed by atoms with Crippen LogP contribution in [-0.2, 0) is 0 Å². The highest BCUT2D eigenvalue weighted by Crippen LogP contribution is 2.15. The number of nitrogens with zero attached hydrogens (tertiary/aromatic N) is 2. The minimum atomic E-state index is 0.768. The van der Waals surface area contributed by atoms with E-state index in [1.807, 2.05) is 0 Å². The summed E-state index contributed by atoms with van der Waals surface area (Å²) in [7, 11) is 0. The monoisotopic (exact) mass is 239 g/mol. The van der Waals surface area contributed by atoms with Gasteiger partial charge >= 0.3 is 0 Å². The Balaban J connectivity index is 1.77. The van der Waals surface area contributed by atoms with Crippen molar-refractivity contribution in [2.75, 3.05) is 39.3 Å². The summed E-state index contributed by atoms with van der Waals surface area (Å²) in [5.74, 6) is 0. The highest BCUT2D eigenvalue weighted by Gasteiger charge is 2.25. The minimum absolute atomic E-state index is 0.768. The van der Waals surface area contributed by atoms with Gasteiger partial charge in [0.1, 0.15) is 0 Å². The van der Waals surface area contributed by atoms with Gasteiger partial charge in [-0.05, 0) is 32.7 Å². The van der Waals surface area contributed by atoms with Crippen molar-refractivity contribution in [2.45, 2.75) is 51.6 Å². The predicted octanol–water partition coefficient (Wildman–Crippen LogP) is 1.54. The molecule has 2 unspecified atom stereocenters. The lowest BCUT2D eigenvalue weighted by Gasteiger charge is -2.41. The summed E-state index contributed by atoms with van der Waals surface area (Å²) < 4.78 is 0. The molecule has 0 radical (unpaired) electrons. The van der Waals surface area contributed by atoms with E-state index in [4.69, 9.17) is 0 Å². The van der Waals surface area contributed by atoms with Gasteiger partial charge in [0.2, 0.25) is 0 Å². The molecule has 2 aliphatic heterocycles. The summed E-state index contributed by atoms with van der Waals surface area (Å²) in [5, 5.41) is 3.58. The van der Waals surface area contributed by atoms with Crippen molar-refractivity contribution in [3.8, 4) is 0 Å². The van der Waals surface area contributed by atoms with Gasteiger partial charge in [-0.1, -0.05) is 13.3 Å². The maximum atomic E-state index is 3.58. The molecule has 0 saturated carbocycles. The van der Waals surface area contributed by atoms with E-state index in [2.05, 4.69) is 29.0 Å². The first-order chi connectivity index (χ1) is 8.31. The Labute approximate surface area is 107 Å². The van der Waals surface area contributed by atoms with Crippen LogP contribution in [0.4, 0.5) is 0 Å². The summed E-state index contributed by atoms with van der Waals surface area (Å²) >= 11 is 0. The van der Waals surface area contributed by atoms with Crippen LogP contribution in [0.25, 0.3) is 0 Å². The summed E-state index contributed by atoms with van der Waals surface area (Å²) in [6, 6.07) is 1.57. The van der Waals surface area contributed by atoms with Crippen molar-refractivity contribution in [1.82, 2.24) is 15.1 Å². The molecule has 2 heterocycles. The second-order valence-corrected chi connectivity index (χ2v) is 5.68. The van der Waals surface area contributed by atoms with Crippen LogP contribution in [0.15, 0.2) is 0 Å². The van der Waals surface area contributed by atoms with E-state index < -0.39 is 0 Å². The zero-order valence-electron chi connectivity index (χ0n) is 11.6. The molecule has 2 fully saturated rings. The van der Waals surface area contributed by atoms with Gasteiger partial charge in [0, 0.05) is 44.8 Å². The summed E-state index contributed by atoms with van der Waals surface area (Å²) in [5.41, 5.74) is 0. The minimum Gasteiger partial charge on any atom is -0.315 e. The first kappa shape index (κ1) is 13.3. The zero-order valence-corrected chi connectivity index (χ0v) is 11.6. The maximum Gasteiger partial charge on any atom is 0.0221 e. The molecule has 1 N–H and O–H groups in total. The highest BCUT2D eigenvalue weighted by atomic mass is 15.3. The Hall–Kier alpha value is -0.120. The van der Waals surface area contributed by atoms with Crippen molar-refractivity contribution in [1.29, 1.82) is 0 Å². The van der Waals surface area contributed by atoms with Crippen molar-refractivity contribution in [2.24, 2.45) is 0 Å². The van der Waals surface area contributed by atoms with Crippen molar-refractivity contribution in [3.05, 3.63) is 0 Å². The molecule has 2 atom stereocenters. The van der Waals surface area contributed by atoms with Crippen LogP contribution in [0.3, 0.4) is 0 Å². The van der Waals surface area contributed by atoms with Gasteiger partial charge < -0.3 is 5.32 Å². The topological polar surface area (TPSA) is 18.5 Å². The molecule has 0 aromatic carbocycles. The lowest BCUT2D eigenvalue weighted by Crippen LogP contribution is -2.54. The predicted molar refractivity (Wildman–Crippen MR) is 73.4 cm³/mol. The summed E-state index contributed by atoms with van der Waals surface area (Å²) in [4.78, 5) is 5.37. The molecule has 0 spiro atoms. The lowest BCUT2D eigenvalue weighted by atomic mass is 10.1. The van der Waals surface area contributed by atoms with Gasteiger partial charge in [0.15, 0.2) is 0 Å². The molecule has 0 amide bonds. The van der Waals surface area contributed by atoms with E-state index in [0.717, 1.165) is 12.1 Å². The van der Waals surface area contributed by atoms with Gasteiger partial charge in [-0.3, -0.25) is 9.80 Å². The average molecular weight is 239 g/mol. The first-order valence-electron chi connectivity index (χ1n) is 7.50. The smallest absolute Gasteiger partial charge is 0.0221 e. The SMILES string of the molecule is CCC(C)N1CCN(C2CCCCNC2)CC1. The molecule has 0 aromatic heterocycles. The van der Waals surface area contributed by atoms with Gasteiger partial charge in [0.05, 0.1) is 0 Å². The quantitative estimate of drug-likeness (QED) is 0.806. The highest BCUT2D eigenvalue weighted by molar-refractivity contribution is 4.83. The van der Waals surface area contributed by atoms with Crippen molar-refractivity contribution >= 4 is 0 Å². The van der Waals surface area contributed by atoms with Crippen LogP contribution in [0, 0.1) is 0 Å². The molecular weight excluding hydrogens is 210 g/mol. The van der Waals surface area contributed by atoms with Crippen LogP contribution in [0.1, 0.15) is 39.5 Å². The Morgan fingerprint density at radius 1 is 1.18 bits per heavy atom. The molecule has 0 aliphatic carbocycles. The van der Waals surface area contributed by atoms with E-state index in [-0.39, 0.29) is 0 Å². The van der Waals surface area contributed by atoms with Crippen molar-refractivity contribution in [3.63, 3.8) is 0 Å². The Morgan fingerprint density at radius 3 is 2.65 bits per heavy atom. The molecule has 2 rings (SSSR count). The molecule has 2 saturated heterocycles. The van der Waals surface area contributed by atoms with E-state index in [9.17, 15) is 0 Å². The lowest BCUT2D eigenvalue weighted by molar-refractivity contribution is 0.0707. The van der Waals surface area contributed by atoms with Crippen LogP contribution < -0.4 is 5.32 Å². The number of hydrogen-bond acceptors (Lipinski definition) is 3. The molecule has 3 nitrogen and oxygen atoms in total. The molecule has 0 aromatic rings. The second kappa shape index (κ2) is 6.72. The number of hydrogen-bond donors (Lipinski definition) is 1. The van der Waals surface area contributed by atoms with E-state index in [1.54, 1.807) is 0 Å². The molecule has 17 heavy (non-hydrogen) atoms. The van der Waals surface area contributed by atoms with E-state index in [0.29, 0.717) is 0 Å². The van der Waals surface area contributed by atoms with Crippen LogP contribution in [0.2, 0.25) is 0 Å². The van der Waals surface area contributed by atoms with Crippen LogP contribution in [0.5, 0.6) is 0 Å². The summed E-state index contributed by atoms with van der Waals surface area (Å²) in [6.07, 6.45) is 5.45. The third-order valence-electron chi connectivity index (χ3n) is 4.60. The largest absolute Gasteiger partial charge is 0.315 e. The van der Waals surface area contributed by atoms with Crippen molar-refractivity contribution < 1.29 is 0 Å². The van der Waals surface area contributed by atoms with E-state index in [1.165, 1.54) is 65.0 Å². The third kappa shape index (κ3) is 3.67. The second-order valence-electron chi connectivity index (χ2n) is 5.68. The van der Waals surface area contributed by atoms with Gasteiger partial charge in [-0.25, -0.2) is 0 Å². The molecule has 3 heteroatoms. The van der Waals surface area contributed by atoms with Gasteiger partial charge in [-0.15, -0.1) is 0 Å². The Bertz CT molecular complexity index is 204. The van der Waals surface area contributed by atoms with Crippen LogP contribution >= 0.6 is 0 Å². The van der Waals surface area contributed by atoms with Gasteiger partial charge in [0.25, 0.3) is 0 Å². The Kier molecular flexibility index (Phi) is 5.26. The standard InChI is InChI=1S/C14H29N3/c1-3-13(2)16-8-10-17(11-9-16)14-6-4-5-7-15-12-14/h13-15H,3-12H2,1-2H3. The maximum absolute atomic E-state index is 3.58. The Morgan fingerprint density at radius 2 is 1.94 bits per heavy atom. The van der Waals surface area contributed by atoms with Crippen LogP contribution in [-0.4, -0.2) is 61.2 Å². The molecule has 2 aliphatic rings. The number of piperazine rings is 1. The fourth-order valence-electron chi connectivity index (χ4n) is 3.11. The first-order valence-corrected chi connectivity index (χ1v) is 7.50. The fourth-order valence-corrected chi connectivity index (χ4v) is 3.11.